The number of ether oxygens (including phenoxy) is 1. The molecular weight excluding hydrogens is 302 g/mol. The van der Waals surface area contributed by atoms with Gasteiger partial charge in [0.25, 0.3) is 0 Å². The molecule has 0 aliphatic rings. The van der Waals surface area contributed by atoms with Crippen molar-refractivity contribution in [1.82, 2.24) is 5.32 Å². The first kappa shape index (κ1) is 16.7. The molecule has 3 rings (SSSR count). The van der Waals surface area contributed by atoms with Crippen LogP contribution in [0.25, 0.3) is 10.8 Å². The summed E-state index contributed by atoms with van der Waals surface area (Å²) in [6, 6.07) is 18.5. The highest BCUT2D eigenvalue weighted by atomic mass is 16.5. The van der Waals surface area contributed by atoms with Crippen LogP contribution in [-0.2, 0) is 11.3 Å². The summed E-state index contributed by atoms with van der Waals surface area (Å²) in [5.41, 5.74) is 1.23. The van der Waals surface area contributed by atoms with Crippen LogP contribution in [0.2, 0.25) is 0 Å². The maximum absolute atomic E-state index is 10.1. The summed E-state index contributed by atoms with van der Waals surface area (Å²) >= 11 is 0. The van der Waals surface area contributed by atoms with Gasteiger partial charge in [0, 0.05) is 12.6 Å². The van der Waals surface area contributed by atoms with Crippen molar-refractivity contribution in [2.24, 2.45) is 0 Å². The van der Waals surface area contributed by atoms with E-state index in [0.29, 0.717) is 13.2 Å². The van der Waals surface area contributed by atoms with Crippen LogP contribution in [0.4, 0.5) is 0 Å². The Balaban J connectivity index is 1.50. The number of hydrogen-bond acceptors (Lipinski definition) is 4. The number of aliphatic hydroxyl groups excluding tert-OH is 1. The quantitative estimate of drug-likeness (QED) is 0.663. The molecule has 0 bridgehead atoms. The van der Waals surface area contributed by atoms with E-state index in [2.05, 4.69) is 48.6 Å². The number of benzene rings is 2. The largest absolute Gasteiger partial charge is 0.467 e. The summed E-state index contributed by atoms with van der Waals surface area (Å²) in [5, 5.41) is 15.9. The molecule has 1 aromatic heterocycles. The maximum Gasteiger partial charge on any atom is 0.129 e. The van der Waals surface area contributed by atoms with Crippen molar-refractivity contribution < 1.29 is 14.3 Å². The van der Waals surface area contributed by atoms with E-state index in [1.165, 1.54) is 16.3 Å². The van der Waals surface area contributed by atoms with Crippen molar-refractivity contribution in [2.75, 3.05) is 13.2 Å². The van der Waals surface area contributed by atoms with Gasteiger partial charge in [-0.3, -0.25) is 0 Å². The Morgan fingerprint density at radius 3 is 2.75 bits per heavy atom. The van der Waals surface area contributed by atoms with Crippen LogP contribution < -0.4 is 5.32 Å². The number of nitrogens with one attached hydrogen (secondary N) is 1. The van der Waals surface area contributed by atoms with Gasteiger partial charge in [0.05, 0.1) is 19.0 Å². The predicted molar refractivity (Wildman–Crippen MR) is 94.7 cm³/mol. The van der Waals surface area contributed by atoms with E-state index in [1.54, 1.807) is 6.26 Å². The molecule has 0 aliphatic heterocycles. The number of rotatable bonds is 8. The Morgan fingerprint density at radius 1 is 1.08 bits per heavy atom. The highest BCUT2D eigenvalue weighted by molar-refractivity contribution is 5.86. The number of hydrogen-bond donors (Lipinski definition) is 2. The third-order valence-corrected chi connectivity index (χ3v) is 4.08. The minimum atomic E-state index is -0.558. The van der Waals surface area contributed by atoms with Gasteiger partial charge in [0.2, 0.25) is 0 Å². The molecule has 2 N–H and O–H groups in total. The first-order valence-electron chi connectivity index (χ1n) is 8.23. The smallest absolute Gasteiger partial charge is 0.129 e. The first-order valence-corrected chi connectivity index (χ1v) is 8.23. The van der Waals surface area contributed by atoms with Gasteiger partial charge in [-0.05, 0) is 35.4 Å². The third-order valence-electron chi connectivity index (χ3n) is 4.08. The second-order valence-corrected chi connectivity index (χ2v) is 5.95. The lowest BCUT2D eigenvalue weighted by molar-refractivity contribution is 0.0217. The molecule has 2 unspecified atom stereocenters. The Bertz CT molecular complexity index is 749. The molecule has 2 aromatic carbocycles. The summed E-state index contributed by atoms with van der Waals surface area (Å²) in [5.74, 6) is 0.763. The lowest BCUT2D eigenvalue weighted by atomic mass is 9.99. The molecule has 0 amide bonds. The van der Waals surface area contributed by atoms with E-state index < -0.39 is 6.10 Å². The molecule has 1 heterocycles. The highest BCUT2D eigenvalue weighted by Crippen LogP contribution is 2.23. The summed E-state index contributed by atoms with van der Waals surface area (Å²) in [7, 11) is 0. The van der Waals surface area contributed by atoms with E-state index >= 15 is 0 Å². The zero-order valence-electron chi connectivity index (χ0n) is 13.8. The fourth-order valence-electron chi connectivity index (χ4n) is 2.80. The van der Waals surface area contributed by atoms with Gasteiger partial charge < -0.3 is 19.6 Å². The van der Waals surface area contributed by atoms with E-state index in [4.69, 9.17) is 9.15 Å². The molecule has 0 aliphatic carbocycles. The monoisotopic (exact) mass is 325 g/mol. The second-order valence-electron chi connectivity index (χ2n) is 5.95. The lowest BCUT2D eigenvalue weighted by Gasteiger charge is -2.19. The number of fused-ring (bicyclic) bond motifs is 1. The second kappa shape index (κ2) is 8.11. The van der Waals surface area contributed by atoms with Gasteiger partial charge in [-0.2, -0.15) is 0 Å². The lowest BCUT2D eigenvalue weighted by Crippen LogP contribution is -2.32. The van der Waals surface area contributed by atoms with Crippen LogP contribution in [0.3, 0.4) is 0 Å². The van der Waals surface area contributed by atoms with Crippen molar-refractivity contribution in [1.29, 1.82) is 0 Å². The molecular formula is C20H23NO3. The fraction of sp³-hybridized carbons (Fsp3) is 0.300. The van der Waals surface area contributed by atoms with E-state index in [0.717, 1.165) is 5.76 Å². The molecule has 0 radical (unpaired) electrons. The zero-order chi connectivity index (χ0) is 16.8. The molecule has 24 heavy (non-hydrogen) atoms. The van der Waals surface area contributed by atoms with Crippen LogP contribution in [-0.4, -0.2) is 24.4 Å². The topological polar surface area (TPSA) is 54.6 Å². The molecule has 0 spiro atoms. The molecule has 4 nitrogen and oxygen atoms in total. The predicted octanol–water partition coefficient (Wildman–Crippen LogP) is 3.66. The molecule has 4 heteroatoms. The molecule has 0 fully saturated rings. The van der Waals surface area contributed by atoms with Crippen LogP contribution in [0, 0.1) is 0 Å². The summed E-state index contributed by atoms with van der Waals surface area (Å²) in [6.07, 6.45) is 1.06. The molecule has 3 aromatic rings. The fourth-order valence-corrected chi connectivity index (χ4v) is 2.80. The maximum atomic E-state index is 10.1. The van der Waals surface area contributed by atoms with E-state index in [-0.39, 0.29) is 12.6 Å². The SMILES string of the molecule is CC(NCC(O)COCc1ccco1)c1cccc2ccccc12. The van der Waals surface area contributed by atoms with Crippen molar-refractivity contribution in [2.45, 2.75) is 25.7 Å². The van der Waals surface area contributed by atoms with E-state index in [9.17, 15) is 5.11 Å². The summed E-state index contributed by atoms with van der Waals surface area (Å²) < 4.78 is 10.7. The molecule has 126 valence electrons. The van der Waals surface area contributed by atoms with Gasteiger partial charge in [-0.1, -0.05) is 42.5 Å². The first-order chi connectivity index (χ1) is 11.7. The summed E-state index contributed by atoms with van der Waals surface area (Å²) in [6.45, 7) is 3.24. The summed E-state index contributed by atoms with van der Waals surface area (Å²) in [4.78, 5) is 0. The number of aliphatic hydroxyl groups is 1. The zero-order valence-corrected chi connectivity index (χ0v) is 13.8. The highest BCUT2D eigenvalue weighted by Gasteiger charge is 2.11. The van der Waals surface area contributed by atoms with Crippen molar-refractivity contribution in [3.8, 4) is 0 Å². The average Bonchev–Trinajstić information content (AvgIpc) is 3.12. The Hall–Kier alpha value is -2.14. The van der Waals surface area contributed by atoms with Crippen LogP contribution in [0.1, 0.15) is 24.3 Å². The third kappa shape index (κ3) is 4.23. The van der Waals surface area contributed by atoms with Crippen LogP contribution in [0.5, 0.6) is 0 Å². The van der Waals surface area contributed by atoms with Gasteiger partial charge in [0.1, 0.15) is 12.4 Å². The minimum absolute atomic E-state index is 0.149. The van der Waals surface area contributed by atoms with Crippen LogP contribution in [0.15, 0.2) is 65.3 Å². The minimum Gasteiger partial charge on any atom is -0.467 e. The Kier molecular flexibility index (Phi) is 5.64. The van der Waals surface area contributed by atoms with Gasteiger partial charge in [-0.25, -0.2) is 0 Å². The van der Waals surface area contributed by atoms with Crippen LogP contribution >= 0.6 is 0 Å². The molecule has 2 atom stereocenters. The Labute approximate surface area is 142 Å². The normalized spacial score (nSPS) is 13.9. The van der Waals surface area contributed by atoms with Crippen molar-refractivity contribution in [3.05, 3.63) is 72.2 Å². The van der Waals surface area contributed by atoms with Gasteiger partial charge in [0.15, 0.2) is 0 Å². The van der Waals surface area contributed by atoms with Gasteiger partial charge in [-0.15, -0.1) is 0 Å². The van der Waals surface area contributed by atoms with Crippen molar-refractivity contribution >= 4 is 10.8 Å². The number of furan rings is 1. The molecule has 0 saturated carbocycles. The van der Waals surface area contributed by atoms with Gasteiger partial charge >= 0.3 is 0 Å². The molecule has 0 saturated heterocycles. The van der Waals surface area contributed by atoms with Crippen molar-refractivity contribution in [3.63, 3.8) is 0 Å². The Morgan fingerprint density at radius 2 is 1.92 bits per heavy atom. The average molecular weight is 325 g/mol. The van der Waals surface area contributed by atoms with E-state index in [1.807, 2.05) is 18.2 Å². The standard InChI is InChI=1S/C20H23NO3/c1-15(19-10-4-7-16-6-2-3-9-20(16)19)21-12-17(22)13-23-14-18-8-5-11-24-18/h2-11,15,17,21-22H,12-14H2,1H3.